The van der Waals surface area contributed by atoms with Gasteiger partial charge >= 0.3 is 5.69 Å². The van der Waals surface area contributed by atoms with Crippen molar-refractivity contribution in [2.24, 2.45) is 5.92 Å². The molecule has 0 saturated carbocycles. The van der Waals surface area contributed by atoms with E-state index in [4.69, 9.17) is 5.73 Å². The summed E-state index contributed by atoms with van der Waals surface area (Å²) in [5, 5.41) is 0. The maximum Gasteiger partial charge on any atom is 0.330 e. The highest BCUT2D eigenvalue weighted by molar-refractivity contribution is 5.96. The lowest BCUT2D eigenvalue weighted by Crippen LogP contribution is -2.46. The highest BCUT2D eigenvalue weighted by Gasteiger charge is 2.26. The van der Waals surface area contributed by atoms with Crippen LogP contribution in [0.15, 0.2) is 70.3 Å². The Kier molecular flexibility index (Phi) is 9.03. The van der Waals surface area contributed by atoms with E-state index in [-0.39, 0.29) is 36.4 Å². The van der Waals surface area contributed by atoms with Crippen LogP contribution in [0.4, 0.5) is 11.5 Å². The molecule has 0 fully saturated rings. The summed E-state index contributed by atoms with van der Waals surface area (Å²) in [6.45, 7) is 7.99. The van der Waals surface area contributed by atoms with Gasteiger partial charge in [-0.15, -0.1) is 0 Å². The zero-order chi connectivity index (χ0) is 25.4. The predicted molar refractivity (Wildman–Crippen MR) is 140 cm³/mol. The van der Waals surface area contributed by atoms with Crippen LogP contribution < -0.4 is 21.9 Å². The van der Waals surface area contributed by atoms with Crippen molar-refractivity contribution in [3.8, 4) is 0 Å². The first-order chi connectivity index (χ1) is 16.8. The van der Waals surface area contributed by atoms with Crippen molar-refractivity contribution in [2.45, 2.75) is 40.3 Å². The fourth-order valence-corrected chi connectivity index (χ4v) is 4.09. The van der Waals surface area contributed by atoms with E-state index in [9.17, 15) is 14.4 Å². The van der Waals surface area contributed by atoms with Crippen molar-refractivity contribution < 1.29 is 4.79 Å². The average molecular weight is 478 g/mol. The summed E-state index contributed by atoms with van der Waals surface area (Å²) in [6.07, 6.45) is 0.884. The fraction of sp³-hybridized carbons (Fsp3) is 0.370. The summed E-state index contributed by atoms with van der Waals surface area (Å²) >= 11 is 0. The smallest absolute Gasteiger partial charge is 0.330 e. The van der Waals surface area contributed by atoms with E-state index < -0.39 is 11.2 Å². The van der Waals surface area contributed by atoms with Crippen LogP contribution in [0.2, 0.25) is 0 Å². The van der Waals surface area contributed by atoms with Gasteiger partial charge in [0.15, 0.2) is 5.69 Å². The number of nitrogens with one attached hydrogen (secondary N) is 1. The number of H-pyrrole nitrogens is 1. The molecule has 1 amide bonds. The van der Waals surface area contributed by atoms with Gasteiger partial charge in [0, 0.05) is 13.1 Å². The third-order valence-corrected chi connectivity index (χ3v) is 5.66. The Morgan fingerprint density at radius 1 is 1.00 bits per heavy atom. The van der Waals surface area contributed by atoms with Gasteiger partial charge in [0.2, 0.25) is 5.91 Å². The molecule has 0 aliphatic heterocycles. The third-order valence-electron chi connectivity index (χ3n) is 5.66. The standard InChI is InChI=1S/C27H35N5O3/c1-4-15-30(17-21-11-7-5-8-12-21)19-23(33)31(16-20(2)3)24-25(28)32(27(35)29-26(24)34)18-22-13-9-6-10-14-22/h5-14,20H,4,15-19,28H2,1-3H3,(H,29,34,35). The summed E-state index contributed by atoms with van der Waals surface area (Å²) in [7, 11) is 0. The van der Waals surface area contributed by atoms with Gasteiger partial charge < -0.3 is 10.6 Å². The average Bonchev–Trinajstić information content (AvgIpc) is 2.82. The van der Waals surface area contributed by atoms with Gasteiger partial charge in [-0.05, 0) is 30.0 Å². The van der Waals surface area contributed by atoms with Crippen molar-refractivity contribution in [1.82, 2.24) is 14.5 Å². The number of hydrogen-bond acceptors (Lipinski definition) is 5. The van der Waals surface area contributed by atoms with Crippen molar-refractivity contribution in [2.75, 3.05) is 30.3 Å². The Hall–Kier alpha value is -3.65. The number of aromatic amines is 1. The Labute approximate surface area is 206 Å². The molecule has 0 atom stereocenters. The number of hydrogen-bond donors (Lipinski definition) is 2. The zero-order valence-corrected chi connectivity index (χ0v) is 20.7. The number of nitrogen functional groups attached to an aromatic ring is 1. The van der Waals surface area contributed by atoms with Crippen LogP contribution in [0.1, 0.15) is 38.3 Å². The van der Waals surface area contributed by atoms with Gasteiger partial charge in [-0.2, -0.15) is 0 Å². The van der Waals surface area contributed by atoms with Crippen LogP contribution >= 0.6 is 0 Å². The molecule has 35 heavy (non-hydrogen) atoms. The summed E-state index contributed by atoms with van der Waals surface area (Å²) in [6, 6.07) is 19.3. The lowest BCUT2D eigenvalue weighted by atomic mass is 10.1. The molecule has 1 aromatic heterocycles. The molecular weight excluding hydrogens is 442 g/mol. The number of rotatable bonds is 11. The Bertz CT molecular complexity index is 1220. The van der Waals surface area contributed by atoms with E-state index in [2.05, 4.69) is 16.8 Å². The van der Waals surface area contributed by atoms with Gasteiger partial charge in [-0.25, -0.2) is 4.79 Å². The molecule has 0 bridgehead atoms. The molecule has 186 valence electrons. The summed E-state index contributed by atoms with van der Waals surface area (Å²) < 4.78 is 1.31. The van der Waals surface area contributed by atoms with Gasteiger partial charge in [0.25, 0.3) is 5.56 Å². The number of nitrogens with two attached hydrogens (primary N) is 1. The molecule has 8 nitrogen and oxygen atoms in total. The number of carbonyl (C=O) groups is 1. The predicted octanol–water partition coefficient (Wildman–Crippen LogP) is 3.07. The second kappa shape index (κ2) is 12.2. The monoisotopic (exact) mass is 477 g/mol. The van der Waals surface area contributed by atoms with Gasteiger partial charge in [0.1, 0.15) is 5.82 Å². The van der Waals surface area contributed by atoms with Crippen LogP contribution in [0, 0.1) is 5.92 Å². The number of benzene rings is 2. The van der Waals surface area contributed by atoms with Crippen LogP contribution in [0.5, 0.6) is 0 Å². The molecule has 0 spiro atoms. The van der Waals surface area contributed by atoms with E-state index >= 15 is 0 Å². The van der Waals surface area contributed by atoms with Crippen LogP contribution in [-0.4, -0.2) is 40.0 Å². The molecule has 0 saturated heterocycles. The highest BCUT2D eigenvalue weighted by atomic mass is 16.2. The quantitative estimate of drug-likeness (QED) is 0.442. The molecule has 0 unspecified atom stereocenters. The molecule has 3 aromatic rings. The molecule has 3 N–H and O–H groups in total. The summed E-state index contributed by atoms with van der Waals surface area (Å²) in [5.41, 5.74) is 7.13. The molecular formula is C27H35N5O3. The minimum absolute atomic E-state index is 0.0123. The van der Waals surface area contributed by atoms with Crippen LogP contribution in [0.3, 0.4) is 0 Å². The molecule has 2 aromatic carbocycles. The van der Waals surface area contributed by atoms with Crippen molar-refractivity contribution in [3.05, 3.63) is 92.6 Å². The van der Waals surface area contributed by atoms with Crippen LogP contribution in [-0.2, 0) is 17.9 Å². The fourth-order valence-electron chi connectivity index (χ4n) is 4.09. The highest BCUT2D eigenvalue weighted by Crippen LogP contribution is 2.20. The van der Waals surface area contributed by atoms with Crippen molar-refractivity contribution in [3.63, 3.8) is 0 Å². The van der Waals surface area contributed by atoms with E-state index in [0.29, 0.717) is 13.1 Å². The van der Waals surface area contributed by atoms with Crippen molar-refractivity contribution >= 4 is 17.4 Å². The Balaban J connectivity index is 1.95. The maximum absolute atomic E-state index is 13.6. The number of anilines is 2. The normalized spacial score (nSPS) is 11.2. The SMILES string of the molecule is CCCN(CC(=O)N(CC(C)C)c1c(N)n(Cc2ccccc2)c(=O)[nH]c1=O)Cc1ccccc1. The molecule has 0 radical (unpaired) electrons. The Morgan fingerprint density at radius 3 is 2.17 bits per heavy atom. The summed E-state index contributed by atoms with van der Waals surface area (Å²) in [5.74, 6) is -0.159. The first-order valence-corrected chi connectivity index (χ1v) is 12.0. The number of amides is 1. The minimum atomic E-state index is -0.657. The van der Waals surface area contributed by atoms with Gasteiger partial charge in [-0.1, -0.05) is 81.4 Å². The summed E-state index contributed by atoms with van der Waals surface area (Å²) in [4.78, 5) is 45.0. The first-order valence-electron chi connectivity index (χ1n) is 12.0. The number of nitrogens with zero attached hydrogens (tertiary/aromatic N) is 3. The topological polar surface area (TPSA) is 104 Å². The second-order valence-corrected chi connectivity index (χ2v) is 9.16. The van der Waals surface area contributed by atoms with E-state index in [1.54, 1.807) is 0 Å². The van der Waals surface area contributed by atoms with Crippen molar-refractivity contribution in [1.29, 1.82) is 0 Å². The Morgan fingerprint density at radius 2 is 1.60 bits per heavy atom. The van der Waals surface area contributed by atoms with E-state index in [1.165, 1.54) is 9.47 Å². The molecule has 0 aliphatic carbocycles. The maximum atomic E-state index is 13.6. The number of carbonyl (C=O) groups excluding carboxylic acids is 1. The molecule has 1 heterocycles. The zero-order valence-electron chi connectivity index (χ0n) is 20.7. The molecule has 8 heteroatoms. The first kappa shape index (κ1) is 26.0. The van der Waals surface area contributed by atoms with Crippen LogP contribution in [0.25, 0.3) is 0 Å². The van der Waals surface area contributed by atoms with Gasteiger partial charge in [-0.3, -0.25) is 24.0 Å². The minimum Gasteiger partial charge on any atom is -0.383 e. The lowest BCUT2D eigenvalue weighted by Gasteiger charge is -2.29. The van der Waals surface area contributed by atoms with E-state index in [0.717, 1.165) is 24.1 Å². The van der Waals surface area contributed by atoms with E-state index in [1.807, 2.05) is 74.5 Å². The second-order valence-electron chi connectivity index (χ2n) is 9.16. The molecule has 3 rings (SSSR count). The largest absolute Gasteiger partial charge is 0.383 e. The number of aromatic nitrogens is 2. The molecule has 0 aliphatic rings. The third kappa shape index (κ3) is 6.93. The van der Waals surface area contributed by atoms with Gasteiger partial charge in [0.05, 0.1) is 13.1 Å². The lowest BCUT2D eigenvalue weighted by molar-refractivity contribution is -0.120.